The van der Waals surface area contributed by atoms with Crippen LogP contribution in [0.1, 0.15) is 22.3 Å². The maximum Gasteiger partial charge on any atom is 0.343 e. The highest BCUT2D eigenvalue weighted by molar-refractivity contribution is 5.91. The lowest BCUT2D eigenvalue weighted by Gasteiger charge is -2.23. The first-order valence-corrected chi connectivity index (χ1v) is 7.18. The molecule has 1 aromatic heterocycles. The van der Waals surface area contributed by atoms with Crippen LogP contribution in [0.5, 0.6) is 5.88 Å². The van der Waals surface area contributed by atoms with Gasteiger partial charge in [0.25, 0.3) is 5.56 Å². The van der Waals surface area contributed by atoms with Crippen LogP contribution in [0.15, 0.2) is 35.1 Å². The summed E-state index contributed by atoms with van der Waals surface area (Å²) in [5.74, 6) is -0.105. The molecule has 1 aliphatic rings. The number of methoxy groups -OCH3 is 1. The van der Waals surface area contributed by atoms with Crippen molar-refractivity contribution in [1.82, 2.24) is 4.57 Å². The van der Waals surface area contributed by atoms with E-state index in [1.807, 2.05) is 31.2 Å². The first-order chi connectivity index (χ1) is 10.6. The molecule has 5 nitrogen and oxygen atoms in total. The van der Waals surface area contributed by atoms with Crippen molar-refractivity contribution in [3.63, 3.8) is 0 Å². The second-order valence-corrected chi connectivity index (χ2v) is 5.29. The van der Waals surface area contributed by atoms with Crippen LogP contribution in [-0.4, -0.2) is 24.3 Å². The molecule has 0 unspecified atom stereocenters. The number of hydrogen-bond acceptors (Lipinski definition) is 4. The molecule has 1 aromatic carbocycles. The fraction of sp³-hybridized carbons (Fsp3) is 0.294. The third-order valence-corrected chi connectivity index (χ3v) is 3.77. The Morgan fingerprint density at radius 3 is 2.68 bits per heavy atom. The average Bonchev–Trinajstić information content (AvgIpc) is 2.56. The topological polar surface area (TPSA) is 57.5 Å². The summed E-state index contributed by atoms with van der Waals surface area (Å²) in [4.78, 5) is 24.3. The number of pyridine rings is 1. The molecule has 0 aliphatic carbocycles. The zero-order valence-corrected chi connectivity index (χ0v) is 12.6. The van der Waals surface area contributed by atoms with Crippen LogP contribution >= 0.6 is 0 Å². The summed E-state index contributed by atoms with van der Waals surface area (Å²) >= 11 is 0. The van der Waals surface area contributed by atoms with Crippen LogP contribution in [-0.2, 0) is 11.3 Å². The standard InChI is InChI=1S/C17H17NO4/c1-11-4-6-12(7-5-11)13-10-14(17(20)21-2)15(19)18-8-3-9-22-16(13)18/h4-7,10H,3,8-9H2,1-2H3. The lowest BCUT2D eigenvalue weighted by atomic mass is 10.0. The Balaban J connectivity index is 2.26. The van der Waals surface area contributed by atoms with Crippen LogP contribution in [0.25, 0.3) is 11.1 Å². The predicted octanol–water partition coefficient (Wildman–Crippen LogP) is 2.39. The van der Waals surface area contributed by atoms with Crippen molar-refractivity contribution in [1.29, 1.82) is 0 Å². The largest absolute Gasteiger partial charge is 0.478 e. The van der Waals surface area contributed by atoms with Gasteiger partial charge in [0.2, 0.25) is 5.88 Å². The number of rotatable bonds is 2. The molecule has 0 amide bonds. The third-order valence-electron chi connectivity index (χ3n) is 3.77. The minimum absolute atomic E-state index is 0.0346. The van der Waals surface area contributed by atoms with Crippen molar-refractivity contribution in [3.05, 3.63) is 51.8 Å². The van der Waals surface area contributed by atoms with E-state index in [0.29, 0.717) is 19.0 Å². The molecular formula is C17H17NO4. The Labute approximate surface area is 128 Å². The van der Waals surface area contributed by atoms with Gasteiger partial charge >= 0.3 is 5.97 Å². The molecule has 0 saturated carbocycles. The minimum atomic E-state index is -0.626. The molecule has 2 aromatic rings. The summed E-state index contributed by atoms with van der Waals surface area (Å²) in [6, 6.07) is 9.44. The fourth-order valence-electron chi connectivity index (χ4n) is 2.60. The van der Waals surface area contributed by atoms with Crippen molar-refractivity contribution in [2.24, 2.45) is 0 Å². The highest BCUT2D eigenvalue weighted by Crippen LogP contribution is 2.32. The monoisotopic (exact) mass is 299 g/mol. The molecule has 3 rings (SSSR count). The van der Waals surface area contributed by atoms with Crippen molar-refractivity contribution < 1.29 is 14.3 Å². The number of hydrogen-bond donors (Lipinski definition) is 0. The lowest BCUT2D eigenvalue weighted by molar-refractivity contribution is 0.0597. The van der Waals surface area contributed by atoms with Gasteiger partial charge in [0.05, 0.1) is 13.7 Å². The minimum Gasteiger partial charge on any atom is -0.478 e. The van der Waals surface area contributed by atoms with E-state index in [0.717, 1.165) is 23.1 Å². The third kappa shape index (κ3) is 2.39. The number of nitrogens with zero attached hydrogens (tertiary/aromatic N) is 1. The molecule has 22 heavy (non-hydrogen) atoms. The van der Waals surface area contributed by atoms with Gasteiger partial charge in [-0.3, -0.25) is 9.36 Å². The van der Waals surface area contributed by atoms with E-state index >= 15 is 0 Å². The number of ether oxygens (including phenoxy) is 2. The smallest absolute Gasteiger partial charge is 0.343 e. The number of aryl methyl sites for hydroxylation is 1. The molecule has 0 spiro atoms. The molecule has 1 aliphatic heterocycles. The number of carbonyl (C=O) groups excluding carboxylic acids is 1. The van der Waals surface area contributed by atoms with Crippen molar-refractivity contribution in [2.75, 3.05) is 13.7 Å². The Hall–Kier alpha value is -2.56. The summed E-state index contributed by atoms with van der Waals surface area (Å²) < 4.78 is 11.9. The molecule has 0 N–H and O–H groups in total. The molecule has 5 heteroatoms. The van der Waals surface area contributed by atoms with Gasteiger partial charge in [0.1, 0.15) is 5.56 Å². The van der Waals surface area contributed by atoms with E-state index in [-0.39, 0.29) is 11.1 Å². The van der Waals surface area contributed by atoms with Gasteiger partial charge < -0.3 is 9.47 Å². The van der Waals surface area contributed by atoms with E-state index in [9.17, 15) is 9.59 Å². The van der Waals surface area contributed by atoms with E-state index < -0.39 is 5.97 Å². The normalized spacial score (nSPS) is 13.2. The van der Waals surface area contributed by atoms with E-state index in [4.69, 9.17) is 9.47 Å². The van der Waals surface area contributed by atoms with Gasteiger partial charge in [0.15, 0.2) is 0 Å². The van der Waals surface area contributed by atoms with Gasteiger partial charge in [-0.1, -0.05) is 29.8 Å². The second-order valence-electron chi connectivity index (χ2n) is 5.29. The number of aromatic nitrogens is 1. The highest BCUT2D eigenvalue weighted by Gasteiger charge is 2.23. The lowest BCUT2D eigenvalue weighted by Crippen LogP contribution is -2.32. The van der Waals surface area contributed by atoms with Crippen molar-refractivity contribution >= 4 is 5.97 Å². The molecule has 2 heterocycles. The average molecular weight is 299 g/mol. The molecule has 114 valence electrons. The van der Waals surface area contributed by atoms with Gasteiger partial charge in [-0.05, 0) is 25.0 Å². The van der Waals surface area contributed by atoms with Crippen LogP contribution in [0.2, 0.25) is 0 Å². The molecule has 0 atom stereocenters. The molecular weight excluding hydrogens is 282 g/mol. The van der Waals surface area contributed by atoms with E-state index in [1.54, 1.807) is 6.07 Å². The summed E-state index contributed by atoms with van der Waals surface area (Å²) in [5, 5.41) is 0. The highest BCUT2D eigenvalue weighted by atomic mass is 16.5. The number of benzene rings is 1. The first kappa shape index (κ1) is 14.4. The molecule has 0 bridgehead atoms. The Morgan fingerprint density at radius 2 is 2.00 bits per heavy atom. The Bertz CT molecular complexity index is 774. The maximum atomic E-state index is 12.4. The van der Waals surface area contributed by atoms with Crippen LogP contribution < -0.4 is 10.3 Å². The SMILES string of the molecule is COC(=O)c1cc(-c2ccc(C)cc2)c2n(c1=O)CCCO2. The van der Waals surface area contributed by atoms with E-state index in [2.05, 4.69) is 0 Å². The number of carbonyl (C=O) groups is 1. The van der Waals surface area contributed by atoms with Crippen molar-refractivity contribution in [3.8, 4) is 17.0 Å². The van der Waals surface area contributed by atoms with Gasteiger partial charge in [-0.25, -0.2) is 4.79 Å². The van der Waals surface area contributed by atoms with E-state index in [1.165, 1.54) is 11.7 Å². The maximum absolute atomic E-state index is 12.4. The summed E-state index contributed by atoms with van der Waals surface area (Å²) in [5.41, 5.74) is 2.45. The summed E-state index contributed by atoms with van der Waals surface area (Å²) in [6.45, 7) is 3.11. The zero-order valence-electron chi connectivity index (χ0n) is 12.6. The molecule has 0 saturated heterocycles. The van der Waals surface area contributed by atoms with Gasteiger partial charge in [-0.15, -0.1) is 0 Å². The Morgan fingerprint density at radius 1 is 1.27 bits per heavy atom. The molecule has 0 radical (unpaired) electrons. The fourth-order valence-corrected chi connectivity index (χ4v) is 2.60. The Kier molecular flexibility index (Phi) is 3.71. The first-order valence-electron chi connectivity index (χ1n) is 7.18. The second kappa shape index (κ2) is 5.67. The van der Waals surface area contributed by atoms with Gasteiger partial charge in [0, 0.05) is 12.1 Å². The van der Waals surface area contributed by atoms with Gasteiger partial charge in [-0.2, -0.15) is 0 Å². The summed E-state index contributed by atoms with van der Waals surface area (Å²) in [7, 11) is 1.27. The summed E-state index contributed by atoms with van der Waals surface area (Å²) in [6.07, 6.45) is 0.741. The molecule has 0 fully saturated rings. The predicted molar refractivity (Wildman–Crippen MR) is 82.3 cm³/mol. The number of fused-ring (bicyclic) bond motifs is 1. The zero-order chi connectivity index (χ0) is 15.7. The quantitative estimate of drug-likeness (QED) is 0.799. The number of esters is 1. The van der Waals surface area contributed by atoms with Crippen LogP contribution in [0.3, 0.4) is 0 Å². The van der Waals surface area contributed by atoms with Crippen LogP contribution in [0.4, 0.5) is 0 Å². The van der Waals surface area contributed by atoms with Crippen molar-refractivity contribution in [2.45, 2.75) is 19.9 Å². The van der Waals surface area contributed by atoms with Crippen LogP contribution in [0, 0.1) is 6.92 Å².